The molecule has 0 aromatic heterocycles. The van der Waals surface area contributed by atoms with Gasteiger partial charge in [-0.15, -0.1) is 0 Å². The Bertz CT molecular complexity index is 582. The summed E-state index contributed by atoms with van der Waals surface area (Å²) in [6, 6.07) is 10.4. The number of hydrogen-bond donors (Lipinski definition) is 2. The molecule has 0 saturated heterocycles. The summed E-state index contributed by atoms with van der Waals surface area (Å²) in [5, 5.41) is 12.7. The van der Waals surface area contributed by atoms with Gasteiger partial charge in [0.15, 0.2) is 0 Å². The first-order chi connectivity index (χ1) is 15.2. The third-order valence-electron chi connectivity index (χ3n) is 6.09. The summed E-state index contributed by atoms with van der Waals surface area (Å²) in [7, 11) is 0. The molecule has 0 spiro atoms. The number of carbonyl (C=O) groups is 1. The van der Waals surface area contributed by atoms with Gasteiger partial charge in [-0.2, -0.15) is 0 Å². The zero-order chi connectivity index (χ0) is 22.6. The van der Waals surface area contributed by atoms with Crippen LogP contribution < -0.4 is 17.7 Å². The largest absolute Gasteiger partial charge is 1.00 e. The van der Waals surface area contributed by atoms with Crippen molar-refractivity contribution >= 4 is 5.91 Å². The Kier molecular flexibility index (Phi) is 19.4. The fraction of sp³-hybridized carbons (Fsp3) is 0.667. The summed E-state index contributed by atoms with van der Waals surface area (Å²) >= 11 is 0. The zero-order valence-electron chi connectivity index (χ0n) is 20.4. The van der Waals surface area contributed by atoms with Crippen molar-refractivity contribution < 1.29 is 26.8 Å². The average molecular weight is 467 g/mol. The average Bonchev–Trinajstić information content (AvgIpc) is 2.77. The minimum atomic E-state index is 0. The van der Waals surface area contributed by atoms with Crippen molar-refractivity contribution in [3.63, 3.8) is 0 Å². The molecule has 1 aromatic carbocycles. The molecule has 0 aliphatic rings. The van der Waals surface area contributed by atoms with Crippen molar-refractivity contribution in [3.05, 3.63) is 48.6 Å². The highest BCUT2D eigenvalue weighted by Crippen LogP contribution is 2.16. The second-order valence-electron chi connectivity index (χ2n) is 8.91. The lowest BCUT2D eigenvalue weighted by Gasteiger charge is -2.37. The Morgan fingerprint density at radius 3 is 2.19 bits per heavy atom. The number of nitrogens with one attached hydrogen (secondary N) is 1. The van der Waals surface area contributed by atoms with Gasteiger partial charge in [-0.05, 0) is 12.5 Å². The van der Waals surface area contributed by atoms with E-state index in [1.807, 2.05) is 12.1 Å². The maximum absolute atomic E-state index is 12.1. The van der Waals surface area contributed by atoms with E-state index in [-0.39, 0.29) is 24.9 Å². The van der Waals surface area contributed by atoms with E-state index in [0.717, 1.165) is 43.4 Å². The van der Waals surface area contributed by atoms with Crippen LogP contribution in [0.1, 0.15) is 83.1 Å². The molecule has 1 aromatic rings. The van der Waals surface area contributed by atoms with Crippen LogP contribution in [-0.4, -0.2) is 48.3 Å². The molecule has 0 saturated carbocycles. The van der Waals surface area contributed by atoms with Crippen molar-refractivity contribution in [2.24, 2.45) is 0 Å². The normalized spacial score (nSPS) is 12.6. The molecule has 1 atom stereocenters. The lowest BCUT2D eigenvalue weighted by atomic mass is 10.1. The number of hydrogen-bond acceptors (Lipinski definition) is 2. The Labute approximate surface area is 203 Å². The zero-order valence-corrected chi connectivity index (χ0v) is 21.1. The molecule has 1 amide bonds. The SMILES string of the molecule is C=CC[N+](CCO)(CCCNC(=O)CCCCCCCCCCC)Cc1ccccc1.[Cl-]. The van der Waals surface area contributed by atoms with Gasteiger partial charge in [0, 0.05) is 24.9 Å². The van der Waals surface area contributed by atoms with Gasteiger partial charge in [0.25, 0.3) is 0 Å². The van der Waals surface area contributed by atoms with Crippen molar-refractivity contribution in [3.8, 4) is 0 Å². The number of amides is 1. The summed E-state index contributed by atoms with van der Waals surface area (Å²) < 4.78 is 0.776. The first kappa shape index (κ1) is 30.6. The number of carbonyl (C=O) groups excluding carboxylic acids is 1. The molecule has 2 N–H and O–H groups in total. The molecule has 0 fully saturated rings. The molecule has 32 heavy (non-hydrogen) atoms. The maximum atomic E-state index is 12.1. The minimum absolute atomic E-state index is 0. The highest BCUT2D eigenvalue weighted by atomic mass is 35.5. The number of aliphatic hydroxyl groups excluding tert-OH is 1. The molecule has 0 radical (unpaired) electrons. The standard InChI is InChI=1S/C27H46N2O2.ClH/c1-3-5-6-7-8-9-10-11-15-19-27(31)28-20-16-22-29(21-4-2,23-24-30)25-26-17-13-12-14-18-26;/h4,12-14,17-18,30H,2-3,5-11,15-16,19-25H2,1H3;1H. The Hall–Kier alpha value is -1.36. The van der Waals surface area contributed by atoms with Gasteiger partial charge in [-0.25, -0.2) is 0 Å². The number of benzene rings is 1. The van der Waals surface area contributed by atoms with E-state index < -0.39 is 0 Å². The minimum Gasteiger partial charge on any atom is -1.00 e. The van der Waals surface area contributed by atoms with Crippen molar-refractivity contribution in [1.82, 2.24) is 5.32 Å². The molecule has 0 bridgehead atoms. The quantitative estimate of drug-likeness (QED) is 0.176. The smallest absolute Gasteiger partial charge is 0.219 e. The summed E-state index contributed by atoms with van der Waals surface area (Å²) in [5.74, 6) is 0.176. The molecule has 4 nitrogen and oxygen atoms in total. The van der Waals surface area contributed by atoms with E-state index >= 15 is 0 Å². The van der Waals surface area contributed by atoms with Gasteiger partial charge < -0.3 is 27.3 Å². The van der Waals surface area contributed by atoms with Gasteiger partial charge >= 0.3 is 0 Å². The fourth-order valence-corrected chi connectivity index (χ4v) is 4.30. The van der Waals surface area contributed by atoms with Crippen LogP contribution in [-0.2, 0) is 11.3 Å². The second-order valence-corrected chi connectivity index (χ2v) is 8.91. The number of quaternary nitrogens is 1. The van der Waals surface area contributed by atoms with Gasteiger partial charge in [-0.3, -0.25) is 4.79 Å². The number of halogens is 1. The Morgan fingerprint density at radius 2 is 1.59 bits per heavy atom. The summed E-state index contributed by atoms with van der Waals surface area (Å²) in [4.78, 5) is 12.1. The number of aliphatic hydroxyl groups is 1. The lowest BCUT2D eigenvalue weighted by Crippen LogP contribution is -3.00. The van der Waals surface area contributed by atoms with Crippen molar-refractivity contribution in [1.29, 1.82) is 0 Å². The molecular formula is C27H47ClN2O2. The van der Waals surface area contributed by atoms with Crippen LogP contribution in [0.5, 0.6) is 0 Å². The second kappa shape index (κ2) is 20.3. The number of nitrogens with zero attached hydrogens (tertiary/aromatic N) is 1. The van der Waals surface area contributed by atoms with Crippen LogP contribution in [0.15, 0.2) is 43.0 Å². The van der Waals surface area contributed by atoms with E-state index in [1.54, 1.807) is 0 Å². The molecule has 0 aliphatic heterocycles. The Balaban J connectivity index is 0.00000961. The molecule has 0 aliphatic carbocycles. The van der Waals surface area contributed by atoms with Crippen LogP contribution >= 0.6 is 0 Å². The lowest BCUT2D eigenvalue weighted by molar-refractivity contribution is -0.936. The Morgan fingerprint density at radius 1 is 0.969 bits per heavy atom. The molecule has 1 unspecified atom stereocenters. The van der Waals surface area contributed by atoms with Crippen LogP contribution in [0.3, 0.4) is 0 Å². The molecule has 184 valence electrons. The number of rotatable bonds is 20. The fourth-order valence-electron chi connectivity index (χ4n) is 4.30. The predicted octanol–water partition coefficient (Wildman–Crippen LogP) is 2.61. The summed E-state index contributed by atoms with van der Waals surface area (Å²) in [6.07, 6.45) is 14.9. The number of unbranched alkanes of at least 4 members (excludes halogenated alkanes) is 8. The molecule has 1 rings (SSSR count). The van der Waals surface area contributed by atoms with Crippen LogP contribution in [0.25, 0.3) is 0 Å². The van der Waals surface area contributed by atoms with Gasteiger partial charge in [0.1, 0.15) is 13.1 Å². The molecule has 0 heterocycles. The topological polar surface area (TPSA) is 49.3 Å². The predicted molar refractivity (Wildman–Crippen MR) is 132 cm³/mol. The van der Waals surface area contributed by atoms with Crippen LogP contribution in [0.2, 0.25) is 0 Å². The first-order valence-electron chi connectivity index (χ1n) is 12.5. The first-order valence-corrected chi connectivity index (χ1v) is 12.5. The highest BCUT2D eigenvalue weighted by molar-refractivity contribution is 5.75. The highest BCUT2D eigenvalue weighted by Gasteiger charge is 2.25. The molecular weight excluding hydrogens is 420 g/mol. The molecule has 5 heteroatoms. The van der Waals surface area contributed by atoms with Crippen molar-refractivity contribution in [2.75, 3.05) is 32.8 Å². The van der Waals surface area contributed by atoms with Crippen LogP contribution in [0.4, 0.5) is 0 Å². The van der Waals surface area contributed by atoms with Gasteiger partial charge in [-0.1, -0.05) is 95.2 Å². The monoisotopic (exact) mass is 466 g/mol. The third-order valence-corrected chi connectivity index (χ3v) is 6.09. The van der Waals surface area contributed by atoms with E-state index in [1.165, 1.54) is 50.5 Å². The van der Waals surface area contributed by atoms with Gasteiger partial charge in [0.2, 0.25) is 5.91 Å². The van der Waals surface area contributed by atoms with E-state index in [9.17, 15) is 9.90 Å². The van der Waals surface area contributed by atoms with E-state index in [2.05, 4.69) is 43.1 Å². The van der Waals surface area contributed by atoms with E-state index in [4.69, 9.17) is 0 Å². The third kappa shape index (κ3) is 14.7. The van der Waals surface area contributed by atoms with E-state index in [0.29, 0.717) is 19.5 Å². The van der Waals surface area contributed by atoms with Crippen molar-refractivity contribution in [2.45, 2.75) is 84.1 Å². The summed E-state index contributed by atoms with van der Waals surface area (Å²) in [5.41, 5.74) is 1.27. The van der Waals surface area contributed by atoms with Crippen LogP contribution in [0, 0.1) is 0 Å². The maximum Gasteiger partial charge on any atom is 0.219 e. The summed E-state index contributed by atoms with van der Waals surface area (Å²) in [6.45, 7) is 10.4. The van der Waals surface area contributed by atoms with Gasteiger partial charge in [0.05, 0.1) is 19.7 Å².